The largest absolute Gasteiger partial charge is 0.298 e. The molecule has 1 nitrogen and oxygen atoms in total. The summed E-state index contributed by atoms with van der Waals surface area (Å²) < 4.78 is 2.69. The summed E-state index contributed by atoms with van der Waals surface area (Å²) in [6, 6.07) is 47.8. The van der Waals surface area contributed by atoms with Crippen molar-refractivity contribution in [3.63, 3.8) is 0 Å². The van der Waals surface area contributed by atoms with Gasteiger partial charge >= 0.3 is 0 Å². The van der Waals surface area contributed by atoms with Gasteiger partial charge in [-0.05, 0) is 53.9 Å². The summed E-state index contributed by atoms with van der Waals surface area (Å²) in [6.07, 6.45) is 0. The first-order valence-electron chi connectivity index (χ1n) is 11.9. The van der Waals surface area contributed by atoms with Crippen molar-refractivity contribution in [2.24, 2.45) is 0 Å². The van der Waals surface area contributed by atoms with Gasteiger partial charge in [0.15, 0.2) is 12.6 Å². The first-order valence-corrected chi connectivity index (χ1v) is 13.7. The van der Waals surface area contributed by atoms with Crippen LogP contribution in [0.2, 0.25) is 0 Å². The average Bonchev–Trinajstić information content (AvgIpc) is 3.42. The van der Waals surface area contributed by atoms with Crippen molar-refractivity contribution in [3.8, 4) is 11.3 Å². The molecule has 0 bridgehead atoms. The highest BCUT2D eigenvalue weighted by Crippen LogP contribution is 2.71. The Hall–Kier alpha value is -3.80. The molecule has 3 heterocycles. The number of aromatic nitrogens is 1. The van der Waals surface area contributed by atoms with Gasteiger partial charge < -0.3 is 0 Å². The molecule has 0 spiro atoms. The van der Waals surface area contributed by atoms with Crippen molar-refractivity contribution in [1.29, 1.82) is 0 Å². The third-order valence-corrected chi connectivity index (χ3v) is 12.4. The van der Waals surface area contributed by atoms with Crippen LogP contribution >= 0.6 is 7.26 Å². The van der Waals surface area contributed by atoms with Crippen molar-refractivity contribution in [2.45, 2.75) is 5.78 Å². The van der Waals surface area contributed by atoms with Crippen LogP contribution in [-0.4, -0.2) is 0 Å². The van der Waals surface area contributed by atoms with Crippen molar-refractivity contribution < 1.29 is 4.57 Å². The van der Waals surface area contributed by atoms with Crippen LogP contribution in [0, 0.1) is 0 Å². The normalized spacial score (nSPS) is 16.8. The molecule has 2 aliphatic rings. The number of hydrogen-bond donors (Lipinski definition) is 0. The van der Waals surface area contributed by atoms with Crippen LogP contribution < -0.4 is 20.5 Å². The van der Waals surface area contributed by atoms with E-state index in [1.54, 1.807) is 5.30 Å². The summed E-state index contributed by atoms with van der Waals surface area (Å²) in [6.45, 7) is 0. The molecule has 2 aliphatic heterocycles. The number of benzene rings is 5. The van der Waals surface area contributed by atoms with Gasteiger partial charge in [-0.25, -0.2) is 0 Å². The Morgan fingerprint density at radius 2 is 1.21 bits per heavy atom. The number of pyridine rings is 1. The Morgan fingerprint density at radius 1 is 0.559 bits per heavy atom. The molecule has 0 saturated carbocycles. The Labute approximate surface area is 199 Å². The number of fused-ring (bicyclic) bond motifs is 5. The molecule has 6 aromatic rings. The average molecular weight is 452 g/mol. The minimum Gasteiger partial charge on any atom is -0.146 e. The second kappa shape index (κ2) is 6.63. The van der Waals surface area contributed by atoms with Crippen LogP contribution in [0.1, 0.15) is 11.3 Å². The van der Waals surface area contributed by atoms with E-state index in [1.807, 2.05) is 0 Å². The van der Waals surface area contributed by atoms with E-state index in [2.05, 4.69) is 132 Å². The predicted molar refractivity (Wildman–Crippen MR) is 144 cm³/mol. The highest BCUT2D eigenvalue weighted by Gasteiger charge is 2.69. The SMILES string of the molecule is c1ccc([P+]2(c3ccccc3)c3c4ccccc4cc4ccc5[n+](c34)C2c2ccccc2-5)cc1. The highest BCUT2D eigenvalue weighted by molar-refractivity contribution is 7.96. The highest BCUT2D eigenvalue weighted by atomic mass is 31.2. The molecule has 0 N–H and O–H groups in total. The first kappa shape index (κ1) is 18.6. The molecular weight excluding hydrogens is 429 g/mol. The number of hydrogen-bond acceptors (Lipinski definition) is 0. The van der Waals surface area contributed by atoms with E-state index in [0.717, 1.165) is 0 Å². The van der Waals surface area contributed by atoms with Crippen LogP contribution in [-0.2, 0) is 0 Å². The van der Waals surface area contributed by atoms with E-state index in [9.17, 15) is 0 Å². The van der Waals surface area contributed by atoms with E-state index in [-0.39, 0.29) is 5.78 Å². The summed E-state index contributed by atoms with van der Waals surface area (Å²) >= 11 is 0. The van der Waals surface area contributed by atoms with Gasteiger partial charge in [0.2, 0.25) is 5.69 Å². The van der Waals surface area contributed by atoms with Gasteiger partial charge in [0.05, 0.1) is 16.5 Å². The molecule has 0 aliphatic carbocycles. The fourth-order valence-corrected chi connectivity index (χ4v) is 11.8. The van der Waals surface area contributed by atoms with Gasteiger partial charge in [0.1, 0.15) is 10.6 Å². The van der Waals surface area contributed by atoms with E-state index >= 15 is 0 Å². The smallest absolute Gasteiger partial charge is 0.146 e. The molecule has 2 heteroatoms. The maximum Gasteiger partial charge on any atom is 0.298 e. The van der Waals surface area contributed by atoms with E-state index in [4.69, 9.17) is 0 Å². The summed E-state index contributed by atoms with van der Waals surface area (Å²) in [5.74, 6) is 0.271. The summed E-state index contributed by atoms with van der Waals surface area (Å²) in [7, 11) is -2.08. The molecule has 5 aromatic carbocycles. The molecule has 1 unspecified atom stereocenters. The van der Waals surface area contributed by atoms with Gasteiger partial charge in [-0.3, -0.25) is 0 Å². The van der Waals surface area contributed by atoms with E-state index in [0.29, 0.717) is 0 Å². The lowest BCUT2D eigenvalue weighted by Gasteiger charge is -2.25. The van der Waals surface area contributed by atoms with E-state index in [1.165, 1.54) is 49.1 Å². The lowest BCUT2D eigenvalue weighted by atomic mass is 10.0. The van der Waals surface area contributed by atoms with Crippen molar-refractivity contribution in [1.82, 2.24) is 0 Å². The molecule has 34 heavy (non-hydrogen) atoms. The molecule has 8 rings (SSSR count). The Kier molecular flexibility index (Phi) is 3.63. The number of rotatable bonds is 2. The predicted octanol–water partition coefficient (Wildman–Crippen LogP) is 6.12. The molecule has 1 aromatic heterocycles. The Morgan fingerprint density at radius 3 is 1.97 bits per heavy atom. The van der Waals surface area contributed by atoms with Gasteiger partial charge in [-0.15, -0.1) is 4.57 Å². The minimum atomic E-state index is -2.08. The maximum absolute atomic E-state index is 2.69. The zero-order valence-corrected chi connectivity index (χ0v) is 19.5. The van der Waals surface area contributed by atoms with Crippen LogP contribution in [0.5, 0.6) is 0 Å². The summed E-state index contributed by atoms with van der Waals surface area (Å²) in [4.78, 5) is 0. The zero-order valence-electron chi connectivity index (χ0n) is 18.6. The molecule has 0 radical (unpaired) electrons. The minimum absolute atomic E-state index is 0.271. The molecule has 1 atom stereocenters. The topological polar surface area (TPSA) is 3.88 Å². The first-order chi connectivity index (χ1) is 16.9. The van der Waals surface area contributed by atoms with Crippen LogP contribution in [0.4, 0.5) is 0 Å². The van der Waals surface area contributed by atoms with Crippen LogP contribution in [0.15, 0.2) is 127 Å². The van der Waals surface area contributed by atoms with Gasteiger partial charge in [0, 0.05) is 11.5 Å². The van der Waals surface area contributed by atoms with Crippen molar-refractivity contribution >= 4 is 44.9 Å². The number of nitrogens with zero attached hydrogens (tertiary/aromatic N) is 1. The monoisotopic (exact) mass is 451 g/mol. The zero-order chi connectivity index (χ0) is 22.3. The lowest BCUT2D eigenvalue weighted by molar-refractivity contribution is -0.647. The van der Waals surface area contributed by atoms with Crippen molar-refractivity contribution in [2.75, 3.05) is 0 Å². The fraction of sp³-hybridized carbons (Fsp3) is 0.0312. The third kappa shape index (κ3) is 2.12. The lowest BCUT2D eigenvalue weighted by Crippen LogP contribution is -2.40. The second-order valence-electron chi connectivity index (χ2n) is 9.33. The molecular formula is C32H22NP+2. The summed E-state index contributed by atoms with van der Waals surface area (Å²) in [5, 5.41) is 8.51. The Bertz CT molecular complexity index is 1720. The standard InChI is InChI=1S/C32H22NP/c1-3-12-24(13-4-1)34(25-14-5-2-6-15-25)31-26-16-8-7-11-22(26)21-23-19-20-29-27-17-9-10-18-28(27)32(34)33(29)30(23)31/h1-21,32H/q+2. The Balaban J connectivity index is 1.69. The van der Waals surface area contributed by atoms with E-state index < -0.39 is 7.26 Å². The van der Waals surface area contributed by atoms with Crippen LogP contribution in [0.3, 0.4) is 0 Å². The van der Waals surface area contributed by atoms with Gasteiger partial charge in [0.25, 0.3) is 11.3 Å². The molecule has 0 amide bonds. The van der Waals surface area contributed by atoms with Crippen molar-refractivity contribution in [3.05, 3.63) is 133 Å². The van der Waals surface area contributed by atoms with Gasteiger partial charge in [-0.1, -0.05) is 72.8 Å². The second-order valence-corrected chi connectivity index (χ2v) is 12.7. The van der Waals surface area contributed by atoms with Gasteiger partial charge in [-0.2, -0.15) is 0 Å². The summed E-state index contributed by atoms with van der Waals surface area (Å²) in [5.41, 5.74) is 5.59. The molecule has 0 fully saturated rings. The molecule has 0 saturated heterocycles. The quantitative estimate of drug-likeness (QED) is 0.170. The maximum atomic E-state index is 2.69. The van der Waals surface area contributed by atoms with Crippen LogP contribution in [0.25, 0.3) is 32.9 Å². The molecule has 158 valence electrons. The third-order valence-electron chi connectivity index (χ3n) is 7.75. The fourth-order valence-electron chi connectivity index (χ4n) is 6.53.